The predicted molar refractivity (Wildman–Crippen MR) is 102 cm³/mol. The van der Waals surface area contributed by atoms with Gasteiger partial charge >= 0.3 is 6.61 Å². The molecule has 5 nitrogen and oxygen atoms in total. The van der Waals surface area contributed by atoms with Gasteiger partial charge in [-0.05, 0) is 47.7 Å². The minimum Gasteiger partial charge on any atom is -0.493 e. The number of thioether (sulfide) groups is 1. The smallest absolute Gasteiger partial charge is 0.387 e. The standard InChI is InChI=1S/C18H13ClF2N2O3S/c1-25-13-8-10(7-12(19)15(13)26-17(20)21)9-14-16(24)23-18(27-14)22-11-5-3-2-4-6-11/h2-9,17H,1H3,(H,22,23,24)/b14-9-. The molecule has 27 heavy (non-hydrogen) atoms. The van der Waals surface area contributed by atoms with E-state index in [0.717, 1.165) is 11.8 Å². The van der Waals surface area contributed by atoms with Gasteiger partial charge < -0.3 is 14.8 Å². The molecule has 0 spiro atoms. The molecule has 0 saturated carbocycles. The molecular weight excluding hydrogens is 398 g/mol. The van der Waals surface area contributed by atoms with Gasteiger partial charge in [-0.3, -0.25) is 4.79 Å². The number of rotatable bonds is 5. The Labute approximate surface area is 163 Å². The van der Waals surface area contributed by atoms with Crippen LogP contribution in [0.25, 0.3) is 6.08 Å². The van der Waals surface area contributed by atoms with Crippen LogP contribution in [-0.2, 0) is 4.79 Å². The Morgan fingerprint density at radius 3 is 2.67 bits per heavy atom. The topological polar surface area (TPSA) is 59.9 Å². The molecule has 0 aliphatic carbocycles. The Morgan fingerprint density at radius 1 is 1.26 bits per heavy atom. The fourth-order valence-corrected chi connectivity index (χ4v) is 3.38. The van der Waals surface area contributed by atoms with E-state index >= 15 is 0 Å². The molecule has 0 radical (unpaired) electrons. The lowest BCUT2D eigenvalue weighted by molar-refractivity contribution is -0.115. The van der Waals surface area contributed by atoms with Crippen molar-refractivity contribution in [1.29, 1.82) is 0 Å². The van der Waals surface area contributed by atoms with Crippen LogP contribution in [0, 0.1) is 0 Å². The molecule has 1 fully saturated rings. The number of halogens is 3. The summed E-state index contributed by atoms with van der Waals surface area (Å²) in [6.07, 6.45) is 1.56. The third-order valence-electron chi connectivity index (χ3n) is 3.39. The average Bonchev–Trinajstić information content (AvgIpc) is 2.96. The van der Waals surface area contributed by atoms with Crippen LogP contribution in [0.4, 0.5) is 14.5 Å². The number of amidine groups is 1. The minimum atomic E-state index is -3.03. The molecule has 0 atom stereocenters. The number of aliphatic imine (C=N–C) groups is 1. The molecule has 0 unspecified atom stereocenters. The van der Waals surface area contributed by atoms with Crippen LogP contribution in [0.2, 0.25) is 5.02 Å². The van der Waals surface area contributed by atoms with E-state index in [9.17, 15) is 13.6 Å². The van der Waals surface area contributed by atoms with Gasteiger partial charge in [0.2, 0.25) is 0 Å². The molecule has 9 heteroatoms. The van der Waals surface area contributed by atoms with Crippen molar-refractivity contribution in [2.75, 3.05) is 7.11 Å². The van der Waals surface area contributed by atoms with Crippen molar-refractivity contribution >= 4 is 46.2 Å². The Morgan fingerprint density at radius 2 is 2.00 bits per heavy atom. The van der Waals surface area contributed by atoms with Crippen LogP contribution in [0.1, 0.15) is 5.56 Å². The van der Waals surface area contributed by atoms with Gasteiger partial charge in [-0.25, -0.2) is 4.99 Å². The van der Waals surface area contributed by atoms with Crippen molar-refractivity contribution in [3.8, 4) is 11.5 Å². The molecule has 2 aromatic carbocycles. The number of benzene rings is 2. The van der Waals surface area contributed by atoms with E-state index in [-0.39, 0.29) is 22.4 Å². The maximum atomic E-state index is 12.5. The van der Waals surface area contributed by atoms with Gasteiger partial charge in [0, 0.05) is 0 Å². The summed E-state index contributed by atoms with van der Waals surface area (Å²) in [5.74, 6) is -0.542. The molecule has 1 N–H and O–H groups in total. The molecule has 1 aliphatic heterocycles. The molecule has 3 rings (SSSR count). The molecule has 1 amide bonds. The van der Waals surface area contributed by atoms with E-state index in [2.05, 4.69) is 15.0 Å². The van der Waals surface area contributed by atoms with Crippen molar-refractivity contribution in [2.24, 2.45) is 4.99 Å². The predicted octanol–water partition coefficient (Wildman–Crippen LogP) is 4.84. The summed E-state index contributed by atoms with van der Waals surface area (Å²) in [4.78, 5) is 16.9. The van der Waals surface area contributed by atoms with Gasteiger partial charge in [0.15, 0.2) is 16.7 Å². The fraction of sp³-hybridized carbons (Fsp3) is 0.111. The summed E-state index contributed by atoms with van der Waals surface area (Å²) in [5, 5.41) is 3.06. The lowest BCUT2D eigenvalue weighted by Gasteiger charge is -2.12. The van der Waals surface area contributed by atoms with Gasteiger partial charge in [0.25, 0.3) is 5.91 Å². The molecule has 2 aromatic rings. The highest BCUT2D eigenvalue weighted by Crippen LogP contribution is 2.39. The van der Waals surface area contributed by atoms with E-state index in [1.165, 1.54) is 19.2 Å². The highest BCUT2D eigenvalue weighted by atomic mass is 35.5. The van der Waals surface area contributed by atoms with Crippen LogP contribution in [0.5, 0.6) is 11.5 Å². The number of ether oxygens (including phenoxy) is 2. The van der Waals surface area contributed by atoms with Crippen molar-refractivity contribution in [3.63, 3.8) is 0 Å². The van der Waals surface area contributed by atoms with Crippen molar-refractivity contribution < 1.29 is 23.0 Å². The van der Waals surface area contributed by atoms with E-state index < -0.39 is 6.61 Å². The molecule has 0 bridgehead atoms. The number of carbonyl (C=O) groups excluding carboxylic acids is 1. The Bertz CT molecular complexity index is 920. The normalized spacial score (nSPS) is 16.9. The minimum absolute atomic E-state index is 0.0382. The first kappa shape index (κ1) is 19.2. The van der Waals surface area contributed by atoms with Gasteiger partial charge in [-0.2, -0.15) is 8.78 Å². The second kappa shape index (κ2) is 8.41. The van der Waals surface area contributed by atoms with Crippen molar-refractivity contribution in [3.05, 3.63) is 58.0 Å². The molecule has 1 aliphatic rings. The molecule has 140 valence electrons. The average molecular weight is 411 g/mol. The van der Waals surface area contributed by atoms with Crippen LogP contribution in [0.3, 0.4) is 0 Å². The summed E-state index contributed by atoms with van der Waals surface area (Å²) in [6.45, 7) is -3.03. The zero-order chi connectivity index (χ0) is 19.4. The highest BCUT2D eigenvalue weighted by molar-refractivity contribution is 8.18. The maximum Gasteiger partial charge on any atom is 0.387 e. The maximum absolute atomic E-state index is 12.5. The second-order valence-electron chi connectivity index (χ2n) is 5.23. The van der Waals surface area contributed by atoms with Crippen LogP contribution in [-0.4, -0.2) is 24.8 Å². The quantitative estimate of drug-likeness (QED) is 0.716. The molecule has 1 saturated heterocycles. The number of nitrogens with one attached hydrogen (secondary N) is 1. The van der Waals surface area contributed by atoms with Crippen molar-refractivity contribution in [1.82, 2.24) is 5.32 Å². The van der Waals surface area contributed by atoms with E-state index in [1.54, 1.807) is 6.08 Å². The Kier molecular flexibility index (Phi) is 5.98. The highest BCUT2D eigenvalue weighted by Gasteiger charge is 2.24. The van der Waals surface area contributed by atoms with E-state index in [0.29, 0.717) is 21.3 Å². The number of carbonyl (C=O) groups is 1. The summed E-state index contributed by atoms with van der Waals surface area (Å²) < 4.78 is 34.4. The van der Waals surface area contributed by atoms with E-state index in [1.807, 2.05) is 30.3 Å². The van der Waals surface area contributed by atoms with Gasteiger partial charge in [-0.1, -0.05) is 29.8 Å². The number of nitrogens with zero attached hydrogens (tertiary/aromatic N) is 1. The summed E-state index contributed by atoms with van der Waals surface area (Å²) in [6, 6.07) is 12.0. The summed E-state index contributed by atoms with van der Waals surface area (Å²) >= 11 is 7.17. The molecule has 1 heterocycles. The first-order valence-electron chi connectivity index (χ1n) is 7.63. The van der Waals surface area contributed by atoms with E-state index in [4.69, 9.17) is 16.3 Å². The number of para-hydroxylation sites is 1. The summed E-state index contributed by atoms with van der Waals surface area (Å²) in [5.41, 5.74) is 1.21. The van der Waals surface area contributed by atoms with Crippen LogP contribution >= 0.6 is 23.4 Å². The number of hydrogen-bond donors (Lipinski definition) is 1. The van der Waals surface area contributed by atoms with Gasteiger partial charge in [0.1, 0.15) is 0 Å². The fourth-order valence-electron chi connectivity index (χ4n) is 2.28. The number of methoxy groups -OCH3 is 1. The Balaban J connectivity index is 1.87. The Hall–Kier alpha value is -2.58. The summed E-state index contributed by atoms with van der Waals surface area (Å²) in [7, 11) is 1.31. The molecule has 0 aromatic heterocycles. The SMILES string of the molecule is COc1cc(/C=C2\SC(=Nc3ccccc3)NC2=O)cc(Cl)c1OC(F)F. The van der Waals surface area contributed by atoms with Crippen LogP contribution in [0.15, 0.2) is 52.4 Å². The second-order valence-corrected chi connectivity index (χ2v) is 6.67. The zero-order valence-electron chi connectivity index (χ0n) is 13.9. The first-order chi connectivity index (χ1) is 13.0. The number of amides is 1. The van der Waals surface area contributed by atoms with Crippen LogP contribution < -0.4 is 14.8 Å². The lowest BCUT2D eigenvalue weighted by atomic mass is 10.2. The zero-order valence-corrected chi connectivity index (χ0v) is 15.5. The third-order valence-corrected chi connectivity index (χ3v) is 4.58. The third kappa shape index (κ3) is 4.78. The number of hydrogen-bond acceptors (Lipinski definition) is 5. The largest absolute Gasteiger partial charge is 0.493 e. The first-order valence-corrected chi connectivity index (χ1v) is 8.82. The lowest BCUT2D eigenvalue weighted by Crippen LogP contribution is -2.19. The van der Waals surface area contributed by atoms with Crippen molar-refractivity contribution in [2.45, 2.75) is 6.61 Å². The van der Waals surface area contributed by atoms with Gasteiger partial charge in [0.05, 0.1) is 22.7 Å². The monoisotopic (exact) mass is 410 g/mol. The molecular formula is C18H13ClF2N2O3S. The van der Waals surface area contributed by atoms with Gasteiger partial charge in [-0.15, -0.1) is 0 Å². The number of alkyl halides is 2.